The Labute approximate surface area is 211 Å². The van der Waals surface area contributed by atoms with Gasteiger partial charge in [-0.1, -0.05) is 19.1 Å². The smallest absolute Gasteiger partial charge is 0.257 e. The molecule has 2 aromatic carbocycles. The summed E-state index contributed by atoms with van der Waals surface area (Å²) >= 11 is 0. The summed E-state index contributed by atoms with van der Waals surface area (Å²) in [7, 11) is 3.21. The zero-order valence-corrected chi connectivity index (χ0v) is 21.1. The second-order valence-corrected chi connectivity index (χ2v) is 9.38. The Bertz CT molecular complexity index is 1220. The van der Waals surface area contributed by atoms with Crippen molar-refractivity contribution in [3.8, 4) is 23.1 Å². The summed E-state index contributed by atoms with van der Waals surface area (Å²) in [5.74, 6) is 3.80. The number of benzene rings is 2. The van der Waals surface area contributed by atoms with Gasteiger partial charge >= 0.3 is 0 Å². The van der Waals surface area contributed by atoms with Gasteiger partial charge in [-0.15, -0.1) is 0 Å². The van der Waals surface area contributed by atoms with Crippen LogP contribution in [0.2, 0.25) is 0 Å². The number of carbonyl (C=O) groups excluding carboxylic acids is 1. The number of methoxy groups -OCH3 is 2. The van der Waals surface area contributed by atoms with E-state index in [2.05, 4.69) is 11.8 Å². The number of nitrogens with zero attached hydrogens (tertiary/aromatic N) is 4. The van der Waals surface area contributed by atoms with Crippen molar-refractivity contribution < 1.29 is 19.0 Å². The van der Waals surface area contributed by atoms with Gasteiger partial charge in [0.15, 0.2) is 0 Å². The van der Waals surface area contributed by atoms with Crippen molar-refractivity contribution in [1.82, 2.24) is 14.9 Å². The molecule has 36 heavy (non-hydrogen) atoms. The summed E-state index contributed by atoms with van der Waals surface area (Å²) in [6, 6.07) is 14.7. The zero-order valence-electron chi connectivity index (χ0n) is 21.1. The molecule has 0 atom stereocenters. The van der Waals surface area contributed by atoms with E-state index in [4.69, 9.17) is 24.2 Å². The van der Waals surface area contributed by atoms with E-state index in [1.54, 1.807) is 26.4 Å². The highest BCUT2D eigenvalue weighted by molar-refractivity contribution is 5.97. The summed E-state index contributed by atoms with van der Waals surface area (Å²) in [5, 5.41) is 0. The van der Waals surface area contributed by atoms with Crippen LogP contribution < -0.4 is 19.1 Å². The Morgan fingerprint density at radius 1 is 0.917 bits per heavy atom. The van der Waals surface area contributed by atoms with Crippen LogP contribution in [0.15, 0.2) is 48.5 Å². The van der Waals surface area contributed by atoms with Gasteiger partial charge in [-0.2, -0.15) is 4.98 Å². The number of rotatable bonds is 6. The lowest BCUT2D eigenvalue weighted by atomic mass is 9.99. The van der Waals surface area contributed by atoms with Crippen molar-refractivity contribution in [2.45, 2.75) is 32.7 Å². The first-order chi connectivity index (χ1) is 17.6. The number of ether oxygens (including phenoxy) is 3. The summed E-state index contributed by atoms with van der Waals surface area (Å²) < 4.78 is 17.0. The Morgan fingerprint density at radius 2 is 1.64 bits per heavy atom. The molecule has 8 heteroatoms. The van der Waals surface area contributed by atoms with E-state index in [1.165, 1.54) is 0 Å². The molecule has 2 aliphatic rings. The first kappa shape index (κ1) is 23.9. The van der Waals surface area contributed by atoms with Gasteiger partial charge in [0.1, 0.15) is 17.2 Å². The molecule has 0 spiro atoms. The molecule has 0 aliphatic carbocycles. The maximum Gasteiger partial charge on any atom is 0.257 e. The highest BCUT2D eigenvalue weighted by atomic mass is 16.5. The summed E-state index contributed by atoms with van der Waals surface area (Å²) in [6.45, 7) is 5.09. The van der Waals surface area contributed by atoms with E-state index in [0.717, 1.165) is 42.9 Å². The normalized spacial score (nSPS) is 15.9. The summed E-state index contributed by atoms with van der Waals surface area (Å²) in [4.78, 5) is 27.3. The summed E-state index contributed by atoms with van der Waals surface area (Å²) in [6.07, 6.45) is 2.88. The number of amides is 1. The lowest BCUT2D eigenvalue weighted by Gasteiger charge is -2.33. The predicted molar refractivity (Wildman–Crippen MR) is 137 cm³/mol. The van der Waals surface area contributed by atoms with Crippen LogP contribution in [0.3, 0.4) is 0 Å². The molecule has 1 fully saturated rings. The van der Waals surface area contributed by atoms with Crippen LogP contribution in [-0.2, 0) is 13.0 Å². The Morgan fingerprint density at radius 3 is 2.36 bits per heavy atom. The van der Waals surface area contributed by atoms with Gasteiger partial charge in [0.2, 0.25) is 11.8 Å². The Balaban J connectivity index is 1.47. The number of piperidine rings is 1. The second-order valence-electron chi connectivity index (χ2n) is 9.38. The van der Waals surface area contributed by atoms with Crippen LogP contribution >= 0.6 is 0 Å². The van der Waals surface area contributed by atoms with Gasteiger partial charge in [0.05, 0.1) is 37.6 Å². The molecule has 0 unspecified atom stereocenters. The highest BCUT2D eigenvalue weighted by Gasteiger charge is 2.30. The first-order valence-electron chi connectivity index (χ1n) is 12.4. The molecule has 5 rings (SSSR count). The van der Waals surface area contributed by atoms with E-state index in [-0.39, 0.29) is 5.91 Å². The molecule has 3 aromatic rings. The molecule has 0 bridgehead atoms. The van der Waals surface area contributed by atoms with E-state index < -0.39 is 0 Å². The second kappa shape index (κ2) is 10.4. The van der Waals surface area contributed by atoms with Crippen LogP contribution in [0.5, 0.6) is 23.1 Å². The van der Waals surface area contributed by atoms with Gasteiger partial charge in [-0.3, -0.25) is 4.79 Å². The quantitative estimate of drug-likeness (QED) is 0.497. The zero-order chi connectivity index (χ0) is 25.1. The lowest BCUT2D eigenvalue weighted by molar-refractivity contribution is 0.0728. The number of para-hydroxylation sites is 1. The van der Waals surface area contributed by atoms with Crippen molar-refractivity contribution >= 4 is 11.9 Å². The molecule has 0 radical (unpaired) electrons. The fraction of sp³-hybridized carbons (Fsp3) is 0.393. The Hall–Kier alpha value is -3.81. The maximum absolute atomic E-state index is 13.4. The SMILES string of the molecule is COc1ccc(Oc2nc(N3CCC(C)CC3)nc3c2CN(C(=O)c2ccccc2OC)CC3)cc1. The van der Waals surface area contributed by atoms with Crippen LogP contribution in [0.25, 0.3) is 0 Å². The van der Waals surface area contributed by atoms with E-state index in [1.807, 2.05) is 41.3 Å². The minimum atomic E-state index is -0.0809. The molecule has 8 nitrogen and oxygen atoms in total. The predicted octanol–water partition coefficient (Wildman–Crippen LogP) is 4.72. The van der Waals surface area contributed by atoms with Crippen molar-refractivity contribution in [1.29, 1.82) is 0 Å². The average Bonchev–Trinajstić information content (AvgIpc) is 2.93. The first-order valence-corrected chi connectivity index (χ1v) is 12.4. The third-order valence-corrected chi connectivity index (χ3v) is 6.98. The fourth-order valence-corrected chi connectivity index (χ4v) is 4.73. The summed E-state index contributed by atoms with van der Waals surface area (Å²) in [5.41, 5.74) is 2.32. The van der Waals surface area contributed by atoms with E-state index in [0.29, 0.717) is 54.3 Å². The van der Waals surface area contributed by atoms with Crippen molar-refractivity contribution in [3.63, 3.8) is 0 Å². The van der Waals surface area contributed by atoms with Crippen molar-refractivity contribution in [2.24, 2.45) is 5.92 Å². The van der Waals surface area contributed by atoms with Gasteiger partial charge in [0, 0.05) is 26.1 Å². The monoisotopic (exact) mass is 488 g/mol. The Kier molecular flexibility index (Phi) is 6.93. The molecular formula is C28H32N4O4. The number of anilines is 1. The minimum Gasteiger partial charge on any atom is -0.497 e. The largest absolute Gasteiger partial charge is 0.497 e. The molecule has 0 N–H and O–H groups in total. The average molecular weight is 489 g/mol. The molecule has 188 valence electrons. The third-order valence-electron chi connectivity index (χ3n) is 6.98. The number of carbonyl (C=O) groups is 1. The van der Waals surface area contributed by atoms with Gasteiger partial charge in [-0.25, -0.2) is 4.98 Å². The number of aromatic nitrogens is 2. The molecule has 0 saturated carbocycles. The van der Waals surface area contributed by atoms with E-state index >= 15 is 0 Å². The molecule has 3 heterocycles. The number of hydrogen-bond donors (Lipinski definition) is 0. The van der Waals surface area contributed by atoms with Crippen LogP contribution in [-0.4, -0.2) is 54.6 Å². The topological polar surface area (TPSA) is 77.0 Å². The number of fused-ring (bicyclic) bond motifs is 1. The fourth-order valence-electron chi connectivity index (χ4n) is 4.73. The standard InChI is InChI=1S/C28H32N4O4/c1-19-12-15-31(16-13-19)28-29-24-14-17-32(27(33)22-6-4-5-7-25(22)35-3)18-23(24)26(30-28)36-21-10-8-20(34-2)9-11-21/h4-11,19H,12-18H2,1-3H3. The van der Waals surface area contributed by atoms with Gasteiger partial charge in [0.25, 0.3) is 5.91 Å². The van der Waals surface area contributed by atoms with Crippen molar-refractivity contribution in [3.05, 3.63) is 65.4 Å². The molecule has 1 amide bonds. The van der Waals surface area contributed by atoms with Crippen LogP contribution in [0.4, 0.5) is 5.95 Å². The minimum absolute atomic E-state index is 0.0809. The highest BCUT2D eigenvalue weighted by Crippen LogP contribution is 2.34. The van der Waals surface area contributed by atoms with Gasteiger partial charge < -0.3 is 24.0 Å². The molecule has 2 aliphatic heterocycles. The lowest BCUT2D eigenvalue weighted by Crippen LogP contribution is -2.38. The number of hydrogen-bond acceptors (Lipinski definition) is 7. The van der Waals surface area contributed by atoms with Gasteiger partial charge in [-0.05, 0) is 55.2 Å². The molecular weight excluding hydrogens is 456 g/mol. The van der Waals surface area contributed by atoms with Crippen LogP contribution in [0.1, 0.15) is 41.4 Å². The molecule has 1 saturated heterocycles. The van der Waals surface area contributed by atoms with E-state index in [9.17, 15) is 4.79 Å². The van der Waals surface area contributed by atoms with Crippen LogP contribution in [0, 0.1) is 5.92 Å². The maximum atomic E-state index is 13.4. The third kappa shape index (κ3) is 4.94. The molecule has 1 aromatic heterocycles. The van der Waals surface area contributed by atoms with Crippen molar-refractivity contribution in [2.75, 3.05) is 38.8 Å².